The third kappa shape index (κ3) is 3.51. The Bertz CT molecular complexity index is 431. The second-order valence-electron chi connectivity index (χ2n) is 7.73. The number of aryl methyl sites for hydroxylation is 1. The average molecular weight is 287 g/mol. The molecule has 0 amide bonds. The van der Waals surface area contributed by atoms with Gasteiger partial charge in [0.25, 0.3) is 0 Å². The maximum Gasteiger partial charge on any atom is 0.00883 e. The Morgan fingerprint density at radius 2 is 1.62 bits per heavy atom. The van der Waals surface area contributed by atoms with Gasteiger partial charge in [0.2, 0.25) is 0 Å². The number of hydrogen-bond donors (Lipinski definition) is 1. The zero-order valence-corrected chi connectivity index (χ0v) is 14.6. The molecule has 0 aliphatic heterocycles. The van der Waals surface area contributed by atoms with Crippen molar-refractivity contribution in [1.82, 2.24) is 5.32 Å². The summed E-state index contributed by atoms with van der Waals surface area (Å²) in [5.74, 6) is 0.724. The van der Waals surface area contributed by atoms with E-state index in [0.29, 0.717) is 10.8 Å². The van der Waals surface area contributed by atoms with Gasteiger partial charge in [0.05, 0.1) is 0 Å². The lowest BCUT2D eigenvalue weighted by molar-refractivity contribution is 0.0126. The van der Waals surface area contributed by atoms with Crippen molar-refractivity contribution < 1.29 is 0 Å². The van der Waals surface area contributed by atoms with Crippen molar-refractivity contribution in [3.63, 3.8) is 0 Å². The van der Waals surface area contributed by atoms with E-state index < -0.39 is 0 Å². The van der Waals surface area contributed by atoms with Crippen LogP contribution in [0.15, 0.2) is 24.3 Å². The summed E-state index contributed by atoms with van der Waals surface area (Å²) < 4.78 is 0. The molecule has 0 saturated heterocycles. The topological polar surface area (TPSA) is 12.0 Å². The lowest BCUT2D eigenvalue weighted by Gasteiger charge is -2.57. The zero-order valence-electron chi connectivity index (χ0n) is 14.6. The molecule has 1 saturated carbocycles. The minimum atomic E-state index is 0.370. The van der Waals surface area contributed by atoms with E-state index in [0.717, 1.165) is 19.0 Å². The van der Waals surface area contributed by atoms with Crippen LogP contribution >= 0.6 is 0 Å². The highest BCUT2D eigenvalue weighted by Crippen LogP contribution is 2.58. The van der Waals surface area contributed by atoms with E-state index in [1.165, 1.54) is 31.2 Å². The van der Waals surface area contributed by atoms with Crippen LogP contribution in [0.2, 0.25) is 0 Å². The fourth-order valence-electron chi connectivity index (χ4n) is 4.07. The molecule has 0 heterocycles. The van der Waals surface area contributed by atoms with E-state index in [1.54, 1.807) is 5.56 Å². The Morgan fingerprint density at radius 3 is 2.10 bits per heavy atom. The Labute approximate surface area is 131 Å². The first-order chi connectivity index (χ1) is 9.95. The standard InChI is InChI=1S/C20H33N/c1-6-19(7-2)13-20(14-19,15-21-12-16(3)4)18-10-8-17(5)9-11-18/h8-11,16,21H,6-7,12-15H2,1-5H3. The Hall–Kier alpha value is -0.820. The molecule has 1 N–H and O–H groups in total. The first-order valence-corrected chi connectivity index (χ1v) is 8.73. The van der Waals surface area contributed by atoms with Crippen molar-refractivity contribution in [3.05, 3.63) is 35.4 Å². The summed E-state index contributed by atoms with van der Waals surface area (Å²) in [5, 5.41) is 3.73. The summed E-state index contributed by atoms with van der Waals surface area (Å²) in [7, 11) is 0. The Morgan fingerprint density at radius 1 is 1.05 bits per heavy atom. The molecule has 1 nitrogen and oxygen atoms in total. The monoisotopic (exact) mass is 287 g/mol. The normalized spacial score (nSPS) is 19.5. The van der Waals surface area contributed by atoms with Crippen LogP contribution in [0.4, 0.5) is 0 Å². The van der Waals surface area contributed by atoms with Gasteiger partial charge in [-0.25, -0.2) is 0 Å². The molecule has 21 heavy (non-hydrogen) atoms. The van der Waals surface area contributed by atoms with Crippen LogP contribution in [0.3, 0.4) is 0 Å². The van der Waals surface area contributed by atoms with Crippen molar-refractivity contribution in [1.29, 1.82) is 0 Å². The molecular formula is C20H33N. The van der Waals surface area contributed by atoms with Gasteiger partial charge in [-0.1, -0.05) is 70.4 Å². The highest BCUT2D eigenvalue weighted by atomic mass is 14.9. The zero-order chi connectivity index (χ0) is 15.5. The summed E-state index contributed by atoms with van der Waals surface area (Å²) in [6.07, 6.45) is 5.34. The van der Waals surface area contributed by atoms with Gasteiger partial charge < -0.3 is 5.32 Å². The first-order valence-electron chi connectivity index (χ1n) is 8.73. The molecule has 0 atom stereocenters. The highest BCUT2D eigenvalue weighted by Gasteiger charge is 2.52. The maximum absolute atomic E-state index is 3.73. The number of benzene rings is 1. The Kier molecular flexibility index (Phi) is 5.14. The van der Waals surface area contributed by atoms with Gasteiger partial charge in [0.15, 0.2) is 0 Å². The molecular weight excluding hydrogens is 254 g/mol. The third-order valence-electron chi connectivity index (χ3n) is 5.61. The molecule has 0 spiro atoms. The molecule has 1 heteroatoms. The van der Waals surface area contributed by atoms with E-state index in [2.05, 4.69) is 64.2 Å². The van der Waals surface area contributed by atoms with Crippen molar-refractivity contribution >= 4 is 0 Å². The summed E-state index contributed by atoms with van der Waals surface area (Å²) >= 11 is 0. The summed E-state index contributed by atoms with van der Waals surface area (Å²) in [6.45, 7) is 13.7. The van der Waals surface area contributed by atoms with Crippen LogP contribution in [0.1, 0.15) is 64.5 Å². The smallest absolute Gasteiger partial charge is 0.00883 e. The molecule has 1 aliphatic rings. The molecule has 1 aromatic carbocycles. The van der Waals surface area contributed by atoms with Crippen LogP contribution in [0.25, 0.3) is 0 Å². The number of nitrogens with one attached hydrogen (secondary N) is 1. The number of hydrogen-bond acceptors (Lipinski definition) is 1. The third-order valence-corrected chi connectivity index (χ3v) is 5.61. The van der Waals surface area contributed by atoms with Crippen molar-refractivity contribution in [2.45, 2.75) is 65.7 Å². The van der Waals surface area contributed by atoms with Crippen LogP contribution in [0, 0.1) is 18.3 Å². The first kappa shape index (κ1) is 16.5. The lowest BCUT2D eigenvalue weighted by atomic mass is 9.48. The maximum atomic E-state index is 3.73. The minimum absolute atomic E-state index is 0.370. The molecule has 0 unspecified atom stereocenters. The fraction of sp³-hybridized carbons (Fsp3) is 0.700. The summed E-state index contributed by atoms with van der Waals surface area (Å²) in [6, 6.07) is 9.28. The van der Waals surface area contributed by atoms with Gasteiger partial charge in [0.1, 0.15) is 0 Å². The van der Waals surface area contributed by atoms with E-state index in [1.807, 2.05) is 0 Å². The van der Waals surface area contributed by atoms with Gasteiger partial charge in [0, 0.05) is 12.0 Å². The van der Waals surface area contributed by atoms with Crippen LogP contribution < -0.4 is 5.32 Å². The van der Waals surface area contributed by atoms with Crippen molar-refractivity contribution in [3.8, 4) is 0 Å². The second kappa shape index (κ2) is 6.52. The van der Waals surface area contributed by atoms with Crippen molar-refractivity contribution in [2.75, 3.05) is 13.1 Å². The molecule has 118 valence electrons. The lowest BCUT2D eigenvalue weighted by Crippen LogP contribution is -2.54. The predicted octanol–water partition coefficient (Wildman–Crippen LogP) is 5.08. The average Bonchev–Trinajstić information content (AvgIpc) is 2.42. The summed E-state index contributed by atoms with van der Waals surface area (Å²) in [4.78, 5) is 0. The van der Waals surface area contributed by atoms with Crippen LogP contribution in [0.5, 0.6) is 0 Å². The largest absolute Gasteiger partial charge is 0.316 e. The van der Waals surface area contributed by atoms with E-state index >= 15 is 0 Å². The molecule has 1 aliphatic carbocycles. The van der Waals surface area contributed by atoms with Gasteiger partial charge in [-0.2, -0.15) is 0 Å². The molecule has 1 fully saturated rings. The van der Waals surface area contributed by atoms with Gasteiger partial charge in [-0.15, -0.1) is 0 Å². The molecule has 0 radical (unpaired) electrons. The van der Waals surface area contributed by atoms with Crippen molar-refractivity contribution in [2.24, 2.45) is 11.3 Å². The SMILES string of the molecule is CCC1(CC)CC(CNCC(C)C)(c2ccc(C)cc2)C1. The van der Waals surface area contributed by atoms with Gasteiger partial charge in [-0.3, -0.25) is 0 Å². The quantitative estimate of drug-likeness (QED) is 0.737. The van der Waals surface area contributed by atoms with Crippen LogP contribution in [-0.2, 0) is 5.41 Å². The molecule has 0 bridgehead atoms. The van der Waals surface area contributed by atoms with E-state index in [4.69, 9.17) is 0 Å². The predicted molar refractivity (Wildman–Crippen MR) is 92.8 cm³/mol. The molecule has 1 aromatic rings. The van der Waals surface area contributed by atoms with Crippen LogP contribution in [-0.4, -0.2) is 13.1 Å². The van der Waals surface area contributed by atoms with E-state index in [-0.39, 0.29) is 0 Å². The highest BCUT2D eigenvalue weighted by molar-refractivity contribution is 5.33. The van der Waals surface area contributed by atoms with Gasteiger partial charge >= 0.3 is 0 Å². The Balaban J connectivity index is 2.14. The van der Waals surface area contributed by atoms with Gasteiger partial charge in [-0.05, 0) is 43.2 Å². The second-order valence-corrected chi connectivity index (χ2v) is 7.73. The molecule has 2 rings (SSSR count). The number of rotatable bonds is 7. The fourth-order valence-corrected chi connectivity index (χ4v) is 4.07. The minimum Gasteiger partial charge on any atom is -0.316 e. The molecule has 0 aromatic heterocycles. The summed E-state index contributed by atoms with van der Waals surface area (Å²) in [5.41, 5.74) is 3.86. The van der Waals surface area contributed by atoms with E-state index in [9.17, 15) is 0 Å².